The topological polar surface area (TPSA) is 74.9 Å². The van der Waals surface area contributed by atoms with Gasteiger partial charge in [-0.2, -0.15) is 5.10 Å². The molecular formula is C10H10BrN3O. The van der Waals surface area contributed by atoms with E-state index in [0.29, 0.717) is 16.9 Å². The third-order valence-electron chi connectivity index (χ3n) is 2.20. The SMILES string of the molecule is Nc1c(Br)cccc1C(O)c1ccn[nH]1. The molecule has 78 valence electrons. The molecule has 1 aromatic carbocycles. The predicted octanol–water partition coefficient (Wildman–Crippen LogP) is 1.84. The highest BCUT2D eigenvalue weighted by molar-refractivity contribution is 9.10. The smallest absolute Gasteiger partial charge is 0.122 e. The number of aromatic amines is 1. The number of H-pyrrole nitrogens is 1. The van der Waals surface area contributed by atoms with Crippen molar-refractivity contribution in [2.75, 3.05) is 5.73 Å². The van der Waals surface area contributed by atoms with Crippen LogP contribution in [0.4, 0.5) is 5.69 Å². The van der Waals surface area contributed by atoms with Crippen LogP contribution in [-0.2, 0) is 0 Å². The summed E-state index contributed by atoms with van der Waals surface area (Å²) in [7, 11) is 0. The number of rotatable bonds is 2. The van der Waals surface area contributed by atoms with Gasteiger partial charge in [-0.3, -0.25) is 5.10 Å². The highest BCUT2D eigenvalue weighted by Gasteiger charge is 2.15. The molecule has 15 heavy (non-hydrogen) atoms. The summed E-state index contributed by atoms with van der Waals surface area (Å²) in [4.78, 5) is 0. The zero-order chi connectivity index (χ0) is 10.8. The van der Waals surface area contributed by atoms with Gasteiger partial charge in [0.05, 0.1) is 11.4 Å². The summed E-state index contributed by atoms with van der Waals surface area (Å²) < 4.78 is 0.776. The molecule has 0 aliphatic heterocycles. The number of aromatic nitrogens is 2. The van der Waals surface area contributed by atoms with E-state index in [9.17, 15) is 5.11 Å². The molecule has 0 aliphatic carbocycles. The monoisotopic (exact) mass is 267 g/mol. The van der Waals surface area contributed by atoms with E-state index in [1.165, 1.54) is 0 Å². The molecule has 0 saturated heterocycles. The first-order valence-corrected chi connectivity index (χ1v) is 5.20. The third kappa shape index (κ3) is 1.88. The Bertz CT molecular complexity index is 456. The Labute approximate surface area is 95.3 Å². The summed E-state index contributed by atoms with van der Waals surface area (Å²) in [5, 5.41) is 16.5. The van der Waals surface area contributed by atoms with Gasteiger partial charge < -0.3 is 10.8 Å². The number of hydrogen-bond acceptors (Lipinski definition) is 3. The minimum atomic E-state index is -0.773. The van der Waals surface area contributed by atoms with Gasteiger partial charge in [0.2, 0.25) is 0 Å². The minimum Gasteiger partial charge on any atom is -0.398 e. The third-order valence-corrected chi connectivity index (χ3v) is 2.89. The second kappa shape index (κ2) is 4.04. The van der Waals surface area contributed by atoms with Gasteiger partial charge in [-0.05, 0) is 28.1 Å². The maximum absolute atomic E-state index is 10.0. The van der Waals surface area contributed by atoms with Gasteiger partial charge in [0, 0.05) is 16.2 Å². The van der Waals surface area contributed by atoms with Crippen LogP contribution in [0.3, 0.4) is 0 Å². The standard InChI is InChI=1S/C10H10BrN3O/c11-7-3-1-2-6(9(7)12)10(15)8-4-5-13-14-8/h1-5,10,15H,12H2,(H,13,14). The molecule has 0 saturated carbocycles. The van der Waals surface area contributed by atoms with E-state index in [4.69, 9.17) is 5.73 Å². The number of benzene rings is 1. The molecule has 0 bridgehead atoms. The van der Waals surface area contributed by atoms with Gasteiger partial charge in [-0.25, -0.2) is 0 Å². The second-order valence-corrected chi connectivity index (χ2v) is 4.01. The Hall–Kier alpha value is -1.33. The summed E-state index contributed by atoms with van der Waals surface area (Å²) in [6.07, 6.45) is 0.817. The lowest BCUT2D eigenvalue weighted by Crippen LogP contribution is -2.04. The molecule has 1 heterocycles. The first kappa shape index (κ1) is 10.2. The maximum Gasteiger partial charge on any atom is 0.122 e. The zero-order valence-electron chi connectivity index (χ0n) is 7.81. The molecule has 0 spiro atoms. The van der Waals surface area contributed by atoms with E-state index < -0.39 is 6.10 Å². The number of nitrogens with zero attached hydrogens (tertiary/aromatic N) is 1. The van der Waals surface area contributed by atoms with Crippen LogP contribution in [0.25, 0.3) is 0 Å². The fourth-order valence-corrected chi connectivity index (χ4v) is 1.76. The van der Waals surface area contributed by atoms with Crippen molar-refractivity contribution in [3.05, 3.63) is 46.2 Å². The van der Waals surface area contributed by atoms with Gasteiger partial charge in [-0.15, -0.1) is 0 Å². The second-order valence-electron chi connectivity index (χ2n) is 3.16. The highest BCUT2D eigenvalue weighted by Crippen LogP contribution is 2.30. The average molecular weight is 268 g/mol. The van der Waals surface area contributed by atoms with Crippen LogP contribution in [0.1, 0.15) is 17.4 Å². The molecule has 4 nitrogen and oxygen atoms in total. The molecule has 1 unspecified atom stereocenters. The van der Waals surface area contributed by atoms with Gasteiger partial charge >= 0.3 is 0 Å². The van der Waals surface area contributed by atoms with Crippen LogP contribution in [-0.4, -0.2) is 15.3 Å². The molecular weight excluding hydrogens is 258 g/mol. The van der Waals surface area contributed by atoms with E-state index in [0.717, 1.165) is 4.47 Å². The number of hydrogen-bond donors (Lipinski definition) is 3. The quantitative estimate of drug-likeness (QED) is 0.727. The van der Waals surface area contributed by atoms with E-state index >= 15 is 0 Å². The molecule has 5 heteroatoms. The molecule has 4 N–H and O–H groups in total. The largest absolute Gasteiger partial charge is 0.398 e. The van der Waals surface area contributed by atoms with Crippen molar-refractivity contribution in [1.82, 2.24) is 10.2 Å². The van der Waals surface area contributed by atoms with Crippen LogP contribution < -0.4 is 5.73 Å². The van der Waals surface area contributed by atoms with E-state index in [2.05, 4.69) is 26.1 Å². The van der Waals surface area contributed by atoms with Crippen molar-refractivity contribution < 1.29 is 5.11 Å². The van der Waals surface area contributed by atoms with Crippen LogP contribution in [0.2, 0.25) is 0 Å². The molecule has 2 rings (SSSR count). The van der Waals surface area contributed by atoms with Crippen molar-refractivity contribution in [2.45, 2.75) is 6.10 Å². The summed E-state index contributed by atoms with van der Waals surface area (Å²) >= 11 is 3.32. The van der Waals surface area contributed by atoms with Crippen molar-refractivity contribution in [1.29, 1.82) is 0 Å². The Balaban J connectivity index is 2.42. The van der Waals surface area contributed by atoms with Crippen LogP contribution >= 0.6 is 15.9 Å². The first-order valence-electron chi connectivity index (χ1n) is 4.41. The molecule has 0 radical (unpaired) electrons. The van der Waals surface area contributed by atoms with Gasteiger partial charge in [-0.1, -0.05) is 12.1 Å². The first-order chi connectivity index (χ1) is 7.20. The van der Waals surface area contributed by atoms with Crippen LogP contribution in [0, 0.1) is 0 Å². The Kier molecular flexibility index (Phi) is 2.75. The Morgan fingerprint density at radius 1 is 1.40 bits per heavy atom. The molecule has 1 atom stereocenters. The lowest BCUT2D eigenvalue weighted by Gasteiger charge is -2.12. The lowest BCUT2D eigenvalue weighted by atomic mass is 10.1. The van der Waals surface area contributed by atoms with E-state index in [1.807, 2.05) is 12.1 Å². The fourth-order valence-electron chi connectivity index (χ4n) is 1.38. The fraction of sp³-hybridized carbons (Fsp3) is 0.100. The Morgan fingerprint density at radius 3 is 2.87 bits per heavy atom. The number of para-hydroxylation sites is 1. The van der Waals surface area contributed by atoms with Crippen molar-refractivity contribution in [3.63, 3.8) is 0 Å². The zero-order valence-corrected chi connectivity index (χ0v) is 9.40. The average Bonchev–Trinajstić information content (AvgIpc) is 2.74. The summed E-state index contributed by atoms with van der Waals surface area (Å²) in [6, 6.07) is 7.16. The number of nitrogens with two attached hydrogens (primary N) is 1. The molecule has 2 aromatic rings. The number of nitrogens with one attached hydrogen (secondary N) is 1. The normalized spacial score (nSPS) is 12.7. The summed E-state index contributed by atoms with van der Waals surface area (Å²) in [5.41, 5.74) is 7.68. The number of nitrogen functional groups attached to an aromatic ring is 1. The van der Waals surface area contributed by atoms with Crippen molar-refractivity contribution in [2.24, 2.45) is 0 Å². The summed E-state index contributed by atoms with van der Waals surface area (Å²) in [6.45, 7) is 0. The number of aliphatic hydroxyl groups excluding tert-OH is 1. The maximum atomic E-state index is 10.0. The molecule has 0 fully saturated rings. The van der Waals surface area contributed by atoms with Crippen molar-refractivity contribution >= 4 is 21.6 Å². The minimum absolute atomic E-state index is 0.541. The number of aliphatic hydroxyl groups is 1. The van der Waals surface area contributed by atoms with Crippen molar-refractivity contribution in [3.8, 4) is 0 Å². The Morgan fingerprint density at radius 2 is 2.20 bits per heavy atom. The molecule has 1 aromatic heterocycles. The van der Waals surface area contributed by atoms with Gasteiger partial charge in [0.25, 0.3) is 0 Å². The van der Waals surface area contributed by atoms with Crippen LogP contribution in [0.15, 0.2) is 34.9 Å². The molecule has 0 amide bonds. The highest BCUT2D eigenvalue weighted by atomic mass is 79.9. The molecule has 0 aliphatic rings. The van der Waals surface area contributed by atoms with E-state index in [1.54, 1.807) is 18.3 Å². The number of halogens is 1. The summed E-state index contributed by atoms with van der Waals surface area (Å²) in [5.74, 6) is 0. The van der Waals surface area contributed by atoms with Gasteiger partial charge in [0.15, 0.2) is 0 Å². The number of anilines is 1. The van der Waals surface area contributed by atoms with Crippen LogP contribution in [0.5, 0.6) is 0 Å². The van der Waals surface area contributed by atoms with E-state index in [-0.39, 0.29) is 0 Å². The predicted molar refractivity (Wildman–Crippen MR) is 61.2 cm³/mol. The lowest BCUT2D eigenvalue weighted by molar-refractivity contribution is 0.216. The van der Waals surface area contributed by atoms with Gasteiger partial charge in [0.1, 0.15) is 6.10 Å².